The van der Waals surface area contributed by atoms with Crippen LogP contribution in [-0.2, 0) is 6.42 Å². The van der Waals surface area contributed by atoms with Gasteiger partial charge in [0.05, 0.1) is 6.07 Å². The first-order valence-electron chi connectivity index (χ1n) is 14.4. The van der Waals surface area contributed by atoms with Crippen LogP contribution < -0.4 is 0 Å². The molecule has 33 heavy (non-hydrogen) atoms. The summed E-state index contributed by atoms with van der Waals surface area (Å²) < 4.78 is 0. The molecule has 0 aliphatic heterocycles. The first-order valence-corrected chi connectivity index (χ1v) is 14.4. The summed E-state index contributed by atoms with van der Waals surface area (Å²) in [6.07, 6.45) is 28.6. The summed E-state index contributed by atoms with van der Waals surface area (Å²) in [6.45, 7) is 2.29. The molecule has 2 fully saturated rings. The SMILES string of the molecule is CCCCCCCc1ccc(C2CCC(CCC3CCC(CC/C=C/C#N)CC3)CC2)cc1. The van der Waals surface area contributed by atoms with Crippen molar-refractivity contribution in [1.82, 2.24) is 0 Å². The van der Waals surface area contributed by atoms with Gasteiger partial charge in [0.1, 0.15) is 0 Å². The molecule has 0 radical (unpaired) electrons. The Labute approximate surface area is 205 Å². The normalized spacial score (nSPS) is 25.8. The monoisotopic (exact) mass is 447 g/mol. The Morgan fingerprint density at radius 1 is 0.758 bits per heavy atom. The molecule has 1 aromatic rings. The predicted molar refractivity (Wildman–Crippen MR) is 142 cm³/mol. The molecule has 0 spiro atoms. The molecular formula is C32H49N. The van der Waals surface area contributed by atoms with Gasteiger partial charge in [-0.2, -0.15) is 5.26 Å². The van der Waals surface area contributed by atoms with E-state index >= 15 is 0 Å². The predicted octanol–water partition coefficient (Wildman–Crippen LogP) is 9.92. The van der Waals surface area contributed by atoms with Crippen LogP contribution in [0.1, 0.15) is 133 Å². The van der Waals surface area contributed by atoms with E-state index in [0.717, 1.165) is 30.1 Å². The average Bonchev–Trinajstić information content (AvgIpc) is 2.87. The Balaban J connectivity index is 1.27. The molecule has 0 heterocycles. The third-order valence-corrected chi connectivity index (χ3v) is 8.75. The number of hydrogen-bond acceptors (Lipinski definition) is 1. The van der Waals surface area contributed by atoms with Gasteiger partial charge in [0.25, 0.3) is 0 Å². The van der Waals surface area contributed by atoms with Crippen molar-refractivity contribution in [2.75, 3.05) is 0 Å². The van der Waals surface area contributed by atoms with Gasteiger partial charge in [0, 0.05) is 6.08 Å². The number of aryl methyl sites for hydroxylation is 1. The summed E-state index contributed by atoms with van der Waals surface area (Å²) in [5, 5.41) is 8.60. The highest BCUT2D eigenvalue weighted by atomic mass is 14.3. The smallest absolute Gasteiger partial charge is 0.0908 e. The zero-order chi connectivity index (χ0) is 23.1. The molecule has 2 saturated carbocycles. The minimum atomic E-state index is 0.811. The standard InChI is InChI=1S/C32H49N/c1-2-3-4-5-7-10-28-18-22-31(23-19-28)32-24-20-30(21-25-32)17-16-29-14-12-27(13-15-29)11-8-6-9-26-33/h6,9,18-19,22-23,27,29-30,32H,2-5,7-8,10-17,20-21,24-25H2,1H3/b9-6+. The highest BCUT2D eigenvalue weighted by molar-refractivity contribution is 5.26. The van der Waals surface area contributed by atoms with E-state index in [1.165, 1.54) is 115 Å². The number of nitrogens with zero attached hydrogens (tertiary/aromatic N) is 1. The molecule has 0 unspecified atom stereocenters. The van der Waals surface area contributed by atoms with Crippen LogP contribution in [0.15, 0.2) is 36.4 Å². The van der Waals surface area contributed by atoms with Crippen molar-refractivity contribution in [3.05, 3.63) is 47.5 Å². The number of hydrogen-bond donors (Lipinski definition) is 0. The number of unbranched alkanes of at least 4 members (excludes halogenated alkanes) is 4. The molecule has 3 rings (SSSR count). The van der Waals surface area contributed by atoms with Gasteiger partial charge in [-0.05, 0) is 86.2 Å². The van der Waals surface area contributed by atoms with Crippen molar-refractivity contribution in [2.24, 2.45) is 17.8 Å². The van der Waals surface area contributed by atoms with Crippen LogP contribution in [0.2, 0.25) is 0 Å². The van der Waals surface area contributed by atoms with Crippen LogP contribution in [0, 0.1) is 29.1 Å². The van der Waals surface area contributed by atoms with Crippen molar-refractivity contribution in [1.29, 1.82) is 5.26 Å². The topological polar surface area (TPSA) is 23.8 Å². The largest absolute Gasteiger partial charge is 0.193 e. The lowest BCUT2D eigenvalue weighted by Gasteiger charge is -2.32. The van der Waals surface area contributed by atoms with Gasteiger partial charge < -0.3 is 0 Å². The van der Waals surface area contributed by atoms with E-state index in [-0.39, 0.29) is 0 Å². The van der Waals surface area contributed by atoms with Crippen molar-refractivity contribution >= 4 is 0 Å². The van der Waals surface area contributed by atoms with E-state index in [1.54, 1.807) is 11.6 Å². The summed E-state index contributed by atoms with van der Waals surface area (Å²) >= 11 is 0. The van der Waals surface area contributed by atoms with E-state index in [9.17, 15) is 0 Å². The van der Waals surface area contributed by atoms with Crippen LogP contribution >= 0.6 is 0 Å². The van der Waals surface area contributed by atoms with Crippen molar-refractivity contribution in [2.45, 2.75) is 128 Å². The van der Waals surface area contributed by atoms with Crippen molar-refractivity contribution in [3.63, 3.8) is 0 Å². The molecule has 0 atom stereocenters. The molecule has 0 aromatic heterocycles. The molecule has 2 aliphatic rings. The fraction of sp³-hybridized carbons (Fsp3) is 0.719. The minimum Gasteiger partial charge on any atom is -0.193 e. The maximum absolute atomic E-state index is 8.60. The molecule has 0 bridgehead atoms. The highest BCUT2D eigenvalue weighted by Gasteiger charge is 2.25. The van der Waals surface area contributed by atoms with Gasteiger partial charge in [-0.25, -0.2) is 0 Å². The molecule has 182 valence electrons. The third-order valence-electron chi connectivity index (χ3n) is 8.75. The minimum absolute atomic E-state index is 0.811. The van der Waals surface area contributed by atoms with Gasteiger partial charge in [0.2, 0.25) is 0 Å². The quantitative estimate of drug-likeness (QED) is 0.218. The lowest BCUT2D eigenvalue weighted by molar-refractivity contribution is 0.225. The van der Waals surface area contributed by atoms with E-state index in [1.807, 2.05) is 6.08 Å². The second kappa shape index (κ2) is 15.4. The van der Waals surface area contributed by atoms with Crippen LogP contribution in [0.5, 0.6) is 0 Å². The van der Waals surface area contributed by atoms with Crippen molar-refractivity contribution < 1.29 is 0 Å². The first kappa shape index (κ1) is 26.1. The molecule has 1 heteroatoms. The van der Waals surface area contributed by atoms with E-state index in [2.05, 4.69) is 37.3 Å². The van der Waals surface area contributed by atoms with E-state index in [0.29, 0.717) is 0 Å². The third kappa shape index (κ3) is 9.68. The maximum atomic E-state index is 8.60. The van der Waals surface area contributed by atoms with Gasteiger partial charge in [-0.1, -0.05) is 101 Å². The fourth-order valence-corrected chi connectivity index (χ4v) is 6.42. The Morgan fingerprint density at radius 3 is 1.94 bits per heavy atom. The zero-order valence-electron chi connectivity index (χ0n) is 21.4. The summed E-state index contributed by atoms with van der Waals surface area (Å²) in [7, 11) is 0. The van der Waals surface area contributed by atoms with E-state index < -0.39 is 0 Å². The molecule has 2 aliphatic carbocycles. The van der Waals surface area contributed by atoms with Crippen LogP contribution in [0.3, 0.4) is 0 Å². The molecule has 1 aromatic carbocycles. The fourth-order valence-electron chi connectivity index (χ4n) is 6.42. The van der Waals surface area contributed by atoms with E-state index in [4.69, 9.17) is 5.26 Å². The highest BCUT2D eigenvalue weighted by Crippen LogP contribution is 2.40. The second-order valence-electron chi connectivity index (χ2n) is 11.2. The maximum Gasteiger partial charge on any atom is 0.0908 e. The Bertz CT molecular complexity index is 693. The van der Waals surface area contributed by atoms with Crippen LogP contribution in [0.4, 0.5) is 0 Å². The molecule has 0 saturated heterocycles. The summed E-state index contributed by atoms with van der Waals surface area (Å²) in [5.74, 6) is 3.69. The zero-order valence-corrected chi connectivity index (χ0v) is 21.4. The Morgan fingerprint density at radius 2 is 1.33 bits per heavy atom. The first-order chi connectivity index (χ1) is 16.3. The summed E-state index contributed by atoms with van der Waals surface area (Å²) in [4.78, 5) is 0. The second-order valence-corrected chi connectivity index (χ2v) is 11.2. The number of nitriles is 1. The van der Waals surface area contributed by atoms with Gasteiger partial charge in [-0.3, -0.25) is 0 Å². The van der Waals surface area contributed by atoms with Crippen LogP contribution in [0.25, 0.3) is 0 Å². The van der Waals surface area contributed by atoms with Gasteiger partial charge in [-0.15, -0.1) is 0 Å². The summed E-state index contributed by atoms with van der Waals surface area (Å²) in [6, 6.07) is 11.8. The molecular weight excluding hydrogens is 398 g/mol. The molecule has 0 N–H and O–H groups in total. The molecule has 1 nitrogen and oxygen atoms in total. The Kier molecular flexibility index (Phi) is 12.1. The summed E-state index contributed by atoms with van der Waals surface area (Å²) in [5.41, 5.74) is 3.14. The van der Waals surface area contributed by atoms with Gasteiger partial charge >= 0.3 is 0 Å². The number of allylic oxidation sites excluding steroid dienone is 2. The number of rotatable bonds is 13. The van der Waals surface area contributed by atoms with Gasteiger partial charge in [0.15, 0.2) is 0 Å². The average molecular weight is 448 g/mol. The Hall–Kier alpha value is -1.55. The van der Waals surface area contributed by atoms with Crippen molar-refractivity contribution in [3.8, 4) is 6.07 Å². The number of benzene rings is 1. The van der Waals surface area contributed by atoms with Crippen LogP contribution in [-0.4, -0.2) is 0 Å². The molecule has 0 amide bonds. The lowest BCUT2D eigenvalue weighted by atomic mass is 9.74. The lowest BCUT2D eigenvalue weighted by Crippen LogP contribution is -2.17.